The summed E-state index contributed by atoms with van der Waals surface area (Å²) in [4.78, 5) is 23.7. The Bertz CT molecular complexity index is 815. The number of benzene rings is 2. The van der Waals surface area contributed by atoms with Gasteiger partial charge in [0, 0.05) is 21.0 Å². The summed E-state index contributed by atoms with van der Waals surface area (Å²) < 4.78 is 13.4. The SMILES string of the molecule is O=C(/C=C/c1ccc(Cl)cc1Cl)NNC(=O)CSc1ccccc1F. The highest BCUT2D eigenvalue weighted by atomic mass is 35.5. The van der Waals surface area contributed by atoms with E-state index in [2.05, 4.69) is 10.9 Å². The fourth-order valence-electron chi connectivity index (χ4n) is 1.72. The van der Waals surface area contributed by atoms with Crippen molar-refractivity contribution in [2.45, 2.75) is 4.90 Å². The van der Waals surface area contributed by atoms with Crippen molar-refractivity contribution in [1.82, 2.24) is 10.9 Å². The molecule has 0 aliphatic carbocycles. The minimum absolute atomic E-state index is 0.0338. The molecule has 0 saturated heterocycles. The number of halogens is 3. The summed E-state index contributed by atoms with van der Waals surface area (Å²) in [5.74, 6) is -1.42. The standard InChI is InChI=1S/C17H13Cl2FN2O2S/c18-12-7-5-11(13(19)9-12)6-8-16(23)21-22-17(24)10-25-15-4-2-1-3-14(15)20/h1-9H,10H2,(H,21,23)(H,22,24)/b8-6+. The van der Waals surface area contributed by atoms with E-state index >= 15 is 0 Å². The third kappa shape index (κ3) is 6.42. The average molecular weight is 399 g/mol. The van der Waals surface area contributed by atoms with Gasteiger partial charge < -0.3 is 0 Å². The molecule has 0 bridgehead atoms. The van der Waals surface area contributed by atoms with E-state index in [4.69, 9.17) is 23.2 Å². The van der Waals surface area contributed by atoms with E-state index in [-0.39, 0.29) is 5.75 Å². The molecular weight excluding hydrogens is 386 g/mol. The van der Waals surface area contributed by atoms with Crippen LogP contribution in [0.1, 0.15) is 5.56 Å². The molecule has 2 rings (SSSR count). The molecule has 0 aliphatic heterocycles. The molecule has 2 N–H and O–H groups in total. The lowest BCUT2D eigenvalue weighted by atomic mass is 10.2. The van der Waals surface area contributed by atoms with Crippen molar-refractivity contribution in [2.75, 3.05) is 5.75 Å². The third-order valence-electron chi connectivity index (χ3n) is 2.90. The van der Waals surface area contributed by atoms with Gasteiger partial charge in [0.2, 0.25) is 5.91 Å². The lowest BCUT2D eigenvalue weighted by Crippen LogP contribution is -2.41. The van der Waals surface area contributed by atoms with Gasteiger partial charge in [0.25, 0.3) is 5.91 Å². The number of carbonyl (C=O) groups excluding carboxylic acids is 2. The molecule has 0 radical (unpaired) electrons. The Labute approximate surface area is 158 Å². The van der Waals surface area contributed by atoms with Crippen molar-refractivity contribution in [1.29, 1.82) is 0 Å². The smallest absolute Gasteiger partial charge is 0.262 e. The van der Waals surface area contributed by atoms with Gasteiger partial charge in [-0.25, -0.2) is 4.39 Å². The molecule has 0 atom stereocenters. The van der Waals surface area contributed by atoms with Crippen LogP contribution in [-0.4, -0.2) is 17.6 Å². The van der Waals surface area contributed by atoms with E-state index in [1.165, 1.54) is 18.2 Å². The second kappa shape index (κ2) is 9.46. The minimum Gasteiger partial charge on any atom is -0.272 e. The summed E-state index contributed by atoms with van der Waals surface area (Å²) in [5.41, 5.74) is 5.09. The first-order valence-corrected chi connectivity index (χ1v) is 8.79. The van der Waals surface area contributed by atoms with Gasteiger partial charge in [-0.05, 0) is 35.9 Å². The fraction of sp³-hybridized carbons (Fsp3) is 0.0588. The monoisotopic (exact) mass is 398 g/mol. The summed E-state index contributed by atoms with van der Waals surface area (Å²) in [5, 5.41) is 0.896. The van der Waals surface area contributed by atoms with E-state index in [1.54, 1.807) is 36.4 Å². The second-order valence-corrected chi connectivity index (χ2v) is 6.62. The van der Waals surface area contributed by atoms with Crippen molar-refractivity contribution in [3.05, 3.63) is 70.0 Å². The van der Waals surface area contributed by atoms with Crippen LogP contribution in [0.15, 0.2) is 53.4 Å². The molecule has 0 spiro atoms. The van der Waals surface area contributed by atoms with Crippen molar-refractivity contribution in [3.63, 3.8) is 0 Å². The van der Waals surface area contributed by atoms with Crippen molar-refractivity contribution in [2.24, 2.45) is 0 Å². The van der Waals surface area contributed by atoms with Gasteiger partial charge in [-0.2, -0.15) is 0 Å². The largest absolute Gasteiger partial charge is 0.272 e. The summed E-state index contributed by atoms with van der Waals surface area (Å²) in [6.45, 7) is 0. The Morgan fingerprint density at radius 3 is 2.60 bits per heavy atom. The number of thioether (sulfide) groups is 1. The number of hydrogen-bond acceptors (Lipinski definition) is 3. The number of amides is 2. The van der Waals surface area contributed by atoms with Gasteiger partial charge in [0.15, 0.2) is 0 Å². The molecule has 0 aromatic heterocycles. The van der Waals surface area contributed by atoms with Crippen LogP contribution in [-0.2, 0) is 9.59 Å². The average Bonchev–Trinajstić information content (AvgIpc) is 2.58. The highest BCUT2D eigenvalue weighted by Crippen LogP contribution is 2.22. The lowest BCUT2D eigenvalue weighted by Gasteiger charge is -2.06. The molecule has 8 heteroatoms. The molecule has 4 nitrogen and oxygen atoms in total. The fourth-order valence-corrected chi connectivity index (χ4v) is 2.93. The van der Waals surface area contributed by atoms with Gasteiger partial charge in [0.05, 0.1) is 5.75 Å². The van der Waals surface area contributed by atoms with Gasteiger partial charge in [-0.15, -0.1) is 11.8 Å². The van der Waals surface area contributed by atoms with Crippen LogP contribution >= 0.6 is 35.0 Å². The molecule has 0 saturated carbocycles. The third-order valence-corrected chi connectivity index (χ3v) is 4.51. The van der Waals surface area contributed by atoms with Crippen LogP contribution in [0.3, 0.4) is 0 Å². The van der Waals surface area contributed by atoms with Crippen LogP contribution in [0.2, 0.25) is 10.0 Å². The van der Waals surface area contributed by atoms with E-state index in [0.717, 1.165) is 11.8 Å². The molecule has 0 fully saturated rings. The maximum absolute atomic E-state index is 13.4. The second-order valence-electron chi connectivity index (χ2n) is 4.76. The molecule has 2 aromatic carbocycles. The lowest BCUT2D eigenvalue weighted by molar-refractivity contribution is -0.125. The maximum atomic E-state index is 13.4. The number of hydrazine groups is 1. The summed E-state index contributed by atoms with van der Waals surface area (Å²) in [6.07, 6.45) is 2.72. The molecule has 2 aromatic rings. The molecule has 0 heterocycles. The molecule has 0 aliphatic rings. The first-order chi connectivity index (χ1) is 12.0. The zero-order valence-corrected chi connectivity index (χ0v) is 15.1. The van der Waals surface area contributed by atoms with Crippen LogP contribution in [0, 0.1) is 5.82 Å². The van der Waals surface area contributed by atoms with Gasteiger partial charge in [0.1, 0.15) is 5.82 Å². The van der Waals surface area contributed by atoms with Gasteiger partial charge >= 0.3 is 0 Å². The highest BCUT2D eigenvalue weighted by molar-refractivity contribution is 8.00. The van der Waals surface area contributed by atoms with Crippen molar-refractivity contribution in [3.8, 4) is 0 Å². The Kier molecular flexibility index (Phi) is 7.31. The van der Waals surface area contributed by atoms with Gasteiger partial charge in [-0.3, -0.25) is 20.4 Å². The Morgan fingerprint density at radius 2 is 1.88 bits per heavy atom. The quantitative estimate of drug-likeness (QED) is 0.453. The van der Waals surface area contributed by atoms with Gasteiger partial charge in [-0.1, -0.05) is 41.4 Å². The number of nitrogens with one attached hydrogen (secondary N) is 2. The Balaban J connectivity index is 1.78. The molecule has 130 valence electrons. The Morgan fingerprint density at radius 1 is 1.12 bits per heavy atom. The number of rotatable bonds is 5. The van der Waals surface area contributed by atoms with Crippen LogP contribution in [0.4, 0.5) is 4.39 Å². The summed E-state index contributed by atoms with van der Waals surface area (Å²) >= 11 is 12.8. The minimum atomic E-state index is -0.532. The van der Waals surface area contributed by atoms with E-state index < -0.39 is 17.6 Å². The van der Waals surface area contributed by atoms with Crippen LogP contribution in [0.25, 0.3) is 6.08 Å². The predicted molar refractivity (Wildman–Crippen MR) is 98.9 cm³/mol. The predicted octanol–water partition coefficient (Wildman–Crippen LogP) is 4.09. The summed E-state index contributed by atoms with van der Waals surface area (Å²) in [6, 6.07) is 11.0. The van der Waals surface area contributed by atoms with E-state index in [9.17, 15) is 14.0 Å². The summed E-state index contributed by atoms with van der Waals surface area (Å²) in [7, 11) is 0. The van der Waals surface area contributed by atoms with E-state index in [1.807, 2.05) is 0 Å². The molecule has 0 unspecified atom stereocenters. The van der Waals surface area contributed by atoms with Crippen LogP contribution < -0.4 is 10.9 Å². The maximum Gasteiger partial charge on any atom is 0.262 e. The number of carbonyl (C=O) groups is 2. The highest BCUT2D eigenvalue weighted by Gasteiger charge is 2.07. The van der Waals surface area contributed by atoms with Crippen molar-refractivity contribution >= 4 is 52.9 Å². The van der Waals surface area contributed by atoms with E-state index in [0.29, 0.717) is 20.5 Å². The first-order valence-electron chi connectivity index (χ1n) is 7.05. The molecule has 25 heavy (non-hydrogen) atoms. The molecular formula is C17H13Cl2FN2O2S. The van der Waals surface area contributed by atoms with Crippen LogP contribution in [0.5, 0.6) is 0 Å². The van der Waals surface area contributed by atoms with Crippen molar-refractivity contribution < 1.29 is 14.0 Å². The number of hydrogen-bond donors (Lipinski definition) is 2. The zero-order chi connectivity index (χ0) is 18.2. The molecule has 2 amide bonds. The zero-order valence-electron chi connectivity index (χ0n) is 12.8. The normalized spacial score (nSPS) is 10.7. The Hall–Kier alpha value is -2.02. The topological polar surface area (TPSA) is 58.2 Å². The first kappa shape index (κ1) is 19.3.